The lowest BCUT2D eigenvalue weighted by molar-refractivity contribution is 0.00367. The second-order valence-corrected chi connectivity index (χ2v) is 20.3. The summed E-state index contributed by atoms with van der Waals surface area (Å²) < 4.78 is 52.0. The number of rotatable bonds is 31. The van der Waals surface area contributed by atoms with Gasteiger partial charge in [-0.15, -0.1) is 0 Å². The second kappa shape index (κ2) is 28.2. The molecular formula is C62H80O10. The summed E-state index contributed by atoms with van der Waals surface area (Å²) in [6, 6.07) is 48.2. The summed E-state index contributed by atoms with van der Waals surface area (Å²) in [5.74, 6) is 2.77. The van der Waals surface area contributed by atoms with E-state index in [1.165, 1.54) is 38.9 Å². The SMILES string of the molecule is CC(C)c1ccc(C(c2ccc(OCCOCCOCCOCCOc3cccc4c(OCCOCCOCCOCCO)cccc34)cc2)(c2ccc(C(C)(C)C)cc2)c2ccc(C(C)(C)C)cc2)cc1. The molecule has 0 bridgehead atoms. The smallest absolute Gasteiger partial charge is 0.127 e. The van der Waals surface area contributed by atoms with Crippen LogP contribution in [0, 0.1) is 0 Å². The van der Waals surface area contributed by atoms with Crippen LogP contribution < -0.4 is 14.2 Å². The van der Waals surface area contributed by atoms with Crippen LogP contribution in [0.15, 0.2) is 133 Å². The van der Waals surface area contributed by atoms with Gasteiger partial charge in [-0.3, -0.25) is 0 Å². The van der Waals surface area contributed by atoms with Crippen molar-refractivity contribution >= 4 is 10.8 Å². The highest BCUT2D eigenvalue weighted by atomic mass is 16.6. The van der Waals surface area contributed by atoms with Crippen molar-refractivity contribution in [2.24, 2.45) is 0 Å². The van der Waals surface area contributed by atoms with E-state index in [-0.39, 0.29) is 17.4 Å². The molecule has 0 saturated carbocycles. The molecule has 6 aromatic carbocycles. The summed E-state index contributed by atoms with van der Waals surface area (Å²) in [6.45, 7) is 24.7. The number of benzene rings is 6. The van der Waals surface area contributed by atoms with Gasteiger partial charge in [-0.2, -0.15) is 0 Å². The van der Waals surface area contributed by atoms with Gasteiger partial charge in [0.2, 0.25) is 0 Å². The van der Waals surface area contributed by atoms with Crippen LogP contribution in [0.3, 0.4) is 0 Å². The largest absolute Gasteiger partial charge is 0.491 e. The van der Waals surface area contributed by atoms with Crippen LogP contribution in [-0.2, 0) is 44.7 Å². The number of hydrogen-bond acceptors (Lipinski definition) is 10. The molecule has 0 saturated heterocycles. The molecule has 0 aliphatic rings. The average Bonchev–Trinajstić information content (AvgIpc) is 3.37. The van der Waals surface area contributed by atoms with Crippen molar-refractivity contribution in [3.05, 3.63) is 172 Å². The van der Waals surface area contributed by atoms with Gasteiger partial charge >= 0.3 is 0 Å². The maximum atomic E-state index is 8.73. The lowest BCUT2D eigenvalue weighted by atomic mass is 9.64. The summed E-state index contributed by atoms with van der Waals surface area (Å²) in [7, 11) is 0. The van der Waals surface area contributed by atoms with Gasteiger partial charge in [0.1, 0.15) is 37.1 Å². The Kier molecular flexibility index (Phi) is 22.0. The minimum atomic E-state index is -0.573. The van der Waals surface area contributed by atoms with Gasteiger partial charge in [0.15, 0.2) is 0 Å². The minimum Gasteiger partial charge on any atom is -0.491 e. The van der Waals surface area contributed by atoms with Gasteiger partial charge in [-0.05, 0) is 80.0 Å². The Morgan fingerprint density at radius 1 is 0.347 bits per heavy atom. The van der Waals surface area contributed by atoms with Crippen LogP contribution in [0.25, 0.3) is 10.8 Å². The molecule has 0 fully saturated rings. The molecular weight excluding hydrogens is 905 g/mol. The first-order valence-corrected chi connectivity index (χ1v) is 25.7. The summed E-state index contributed by atoms with van der Waals surface area (Å²) in [5, 5.41) is 10.7. The van der Waals surface area contributed by atoms with Crippen LogP contribution in [0.2, 0.25) is 0 Å². The van der Waals surface area contributed by atoms with Crippen molar-refractivity contribution in [1.82, 2.24) is 0 Å². The normalized spacial score (nSPS) is 12.2. The molecule has 10 heteroatoms. The molecule has 72 heavy (non-hydrogen) atoms. The van der Waals surface area contributed by atoms with Crippen LogP contribution in [-0.4, -0.2) is 111 Å². The Morgan fingerprint density at radius 2 is 0.653 bits per heavy atom. The zero-order valence-electron chi connectivity index (χ0n) is 44.2. The molecule has 0 amide bonds. The fourth-order valence-corrected chi connectivity index (χ4v) is 8.65. The molecule has 1 N–H and O–H groups in total. The number of ether oxygens (including phenoxy) is 9. The van der Waals surface area contributed by atoms with E-state index in [2.05, 4.69) is 152 Å². The molecule has 0 unspecified atom stereocenters. The third-order valence-electron chi connectivity index (χ3n) is 12.7. The quantitative estimate of drug-likeness (QED) is 0.0335. The fourth-order valence-electron chi connectivity index (χ4n) is 8.65. The number of aliphatic hydroxyl groups excluding tert-OH is 1. The van der Waals surface area contributed by atoms with Crippen molar-refractivity contribution in [3.8, 4) is 17.2 Å². The van der Waals surface area contributed by atoms with E-state index in [0.717, 1.165) is 28.0 Å². The third-order valence-corrected chi connectivity index (χ3v) is 12.7. The third kappa shape index (κ3) is 16.1. The Morgan fingerprint density at radius 3 is 1.00 bits per heavy atom. The zero-order valence-corrected chi connectivity index (χ0v) is 44.2. The summed E-state index contributed by atoms with van der Waals surface area (Å²) in [4.78, 5) is 0. The molecule has 388 valence electrons. The number of aliphatic hydroxyl groups is 1. The van der Waals surface area contributed by atoms with Crippen molar-refractivity contribution in [1.29, 1.82) is 0 Å². The lowest BCUT2D eigenvalue weighted by Gasteiger charge is -2.38. The van der Waals surface area contributed by atoms with E-state index in [4.69, 9.17) is 47.7 Å². The van der Waals surface area contributed by atoms with Gasteiger partial charge in [-0.1, -0.05) is 165 Å². The van der Waals surface area contributed by atoms with Gasteiger partial charge in [0, 0.05) is 10.8 Å². The van der Waals surface area contributed by atoms with E-state index in [1.54, 1.807) is 0 Å². The Balaban J connectivity index is 0.930. The second-order valence-electron chi connectivity index (χ2n) is 20.3. The van der Waals surface area contributed by atoms with Gasteiger partial charge in [-0.25, -0.2) is 0 Å². The first-order chi connectivity index (χ1) is 34.8. The zero-order chi connectivity index (χ0) is 51.2. The first kappa shape index (κ1) is 56.0. The van der Waals surface area contributed by atoms with Crippen molar-refractivity contribution in [3.63, 3.8) is 0 Å². The molecule has 0 spiro atoms. The predicted octanol–water partition coefficient (Wildman–Crippen LogP) is 11.9. The van der Waals surface area contributed by atoms with Crippen molar-refractivity contribution in [2.45, 2.75) is 77.6 Å². The fraction of sp³-hybridized carbons (Fsp3) is 0.452. The maximum absolute atomic E-state index is 8.73. The Labute approximate surface area is 429 Å². The molecule has 0 aliphatic carbocycles. The van der Waals surface area contributed by atoms with E-state index in [9.17, 15) is 0 Å². The molecule has 0 atom stereocenters. The standard InChI is InChI=1S/C62H80O10/c1-47(2)48-15-17-51(18-16-48)62(52-23-19-49(20-24-52)60(3,4)5,53-25-21-50(22-26-53)61(6,7)8)54-27-29-55(30-28-54)70-44-41-67-38-35-66-37-40-69-43-46-72-59-14-10-11-56-57(59)12-9-13-58(56)71-45-42-68-39-36-65-34-33-64-32-31-63/h9-30,47,63H,31-46H2,1-8H3. The van der Waals surface area contributed by atoms with Crippen LogP contribution >= 0.6 is 0 Å². The summed E-state index contributed by atoms with van der Waals surface area (Å²) in [5.41, 5.74) is 8.26. The van der Waals surface area contributed by atoms with Crippen LogP contribution in [0.4, 0.5) is 0 Å². The molecule has 10 nitrogen and oxygen atoms in total. The highest BCUT2D eigenvalue weighted by Gasteiger charge is 2.39. The maximum Gasteiger partial charge on any atom is 0.127 e. The van der Waals surface area contributed by atoms with Crippen LogP contribution in [0.1, 0.15) is 100 Å². The highest BCUT2D eigenvalue weighted by molar-refractivity contribution is 5.93. The van der Waals surface area contributed by atoms with Crippen molar-refractivity contribution < 1.29 is 47.7 Å². The Bertz CT molecular complexity index is 2390. The molecule has 0 aromatic heterocycles. The summed E-state index contributed by atoms with van der Waals surface area (Å²) in [6.07, 6.45) is 0. The predicted molar refractivity (Wildman–Crippen MR) is 289 cm³/mol. The highest BCUT2D eigenvalue weighted by Crippen LogP contribution is 2.47. The van der Waals surface area contributed by atoms with Crippen LogP contribution in [0.5, 0.6) is 17.2 Å². The van der Waals surface area contributed by atoms with E-state index in [0.29, 0.717) is 105 Å². The Hall–Kier alpha value is -5.30. The molecule has 0 aliphatic heterocycles. The van der Waals surface area contributed by atoms with Gasteiger partial charge < -0.3 is 47.7 Å². The van der Waals surface area contributed by atoms with Gasteiger partial charge in [0.05, 0.1) is 91.3 Å². The average molecular weight is 985 g/mol. The van der Waals surface area contributed by atoms with E-state index >= 15 is 0 Å². The van der Waals surface area contributed by atoms with E-state index < -0.39 is 5.41 Å². The van der Waals surface area contributed by atoms with Gasteiger partial charge in [0.25, 0.3) is 0 Å². The summed E-state index contributed by atoms with van der Waals surface area (Å²) >= 11 is 0. The molecule has 0 radical (unpaired) electrons. The molecule has 0 heterocycles. The van der Waals surface area contributed by atoms with E-state index in [1.807, 2.05) is 36.4 Å². The monoisotopic (exact) mass is 985 g/mol. The first-order valence-electron chi connectivity index (χ1n) is 25.7. The molecule has 6 rings (SSSR count). The number of fused-ring (bicyclic) bond motifs is 1. The topological polar surface area (TPSA) is 103 Å². The van der Waals surface area contributed by atoms with Crippen molar-refractivity contribution in [2.75, 3.05) is 106 Å². The number of hydrogen-bond donors (Lipinski definition) is 1. The minimum absolute atomic E-state index is 0.0123. The molecule has 6 aromatic rings. The lowest BCUT2D eigenvalue weighted by Crippen LogP contribution is -2.31.